The van der Waals surface area contributed by atoms with Crippen LogP contribution in [0.15, 0.2) is 35.4 Å². The minimum Gasteiger partial charge on any atom is -0.349 e. The maximum Gasteiger partial charge on any atom is 0.234 e. The summed E-state index contributed by atoms with van der Waals surface area (Å²) >= 11 is 1.38. The lowest BCUT2D eigenvalue weighted by Gasteiger charge is -2.20. The Labute approximate surface area is 160 Å². The molecule has 0 aliphatic heterocycles. The standard InChI is InChI=1S/C21H25N3OS/c1-6-19(20(25)23-16(5)17-10-8-7-9-11-17)26-21-18(12-22)14(3)13(2)15(4)24-21/h7-11,16,19H,6H2,1-5H3,(H,23,25)/t16-,19-/m1/s1. The van der Waals surface area contributed by atoms with Gasteiger partial charge in [0, 0.05) is 5.69 Å². The summed E-state index contributed by atoms with van der Waals surface area (Å²) in [4.78, 5) is 17.3. The minimum atomic E-state index is -0.290. The topological polar surface area (TPSA) is 65.8 Å². The van der Waals surface area contributed by atoms with Crippen LogP contribution in [-0.2, 0) is 4.79 Å². The van der Waals surface area contributed by atoms with E-state index in [1.807, 2.05) is 65.0 Å². The highest BCUT2D eigenvalue weighted by Gasteiger charge is 2.23. The van der Waals surface area contributed by atoms with Crippen molar-refractivity contribution in [3.05, 3.63) is 58.3 Å². The van der Waals surface area contributed by atoms with Crippen molar-refractivity contribution < 1.29 is 4.79 Å². The summed E-state index contributed by atoms with van der Waals surface area (Å²) in [6.45, 7) is 9.80. The summed E-state index contributed by atoms with van der Waals surface area (Å²) in [6.07, 6.45) is 0.663. The third-order valence-electron chi connectivity index (χ3n) is 4.65. The number of nitrogens with one attached hydrogen (secondary N) is 1. The number of hydrogen-bond acceptors (Lipinski definition) is 4. The molecular formula is C21H25N3OS. The Morgan fingerprint density at radius 3 is 2.46 bits per heavy atom. The number of amides is 1. The average Bonchev–Trinajstić information content (AvgIpc) is 2.64. The van der Waals surface area contributed by atoms with Gasteiger partial charge in [-0.25, -0.2) is 4.98 Å². The van der Waals surface area contributed by atoms with Crippen LogP contribution < -0.4 is 5.32 Å². The van der Waals surface area contributed by atoms with Crippen molar-refractivity contribution in [2.24, 2.45) is 0 Å². The predicted molar refractivity (Wildman–Crippen MR) is 106 cm³/mol. The zero-order valence-electron chi connectivity index (χ0n) is 16.0. The Morgan fingerprint density at radius 2 is 1.88 bits per heavy atom. The first-order valence-corrected chi connectivity index (χ1v) is 9.66. The number of benzene rings is 1. The van der Waals surface area contributed by atoms with Crippen LogP contribution in [0.4, 0.5) is 0 Å². The molecule has 2 rings (SSSR count). The van der Waals surface area contributed by atoms with Crippen molar-refractivity contribution in [3.63, 3.8) is 0 Å². The molecule has 0 aliphatic rings. The highest BCUT2D eigenvalue weighted by atomic mass is 32.2. The van der Waals surface area contributed by atoms with Crippen LogP contribution in [-0.4, -0.2) is 16.1 Å². The van der Waals surface area contributed by atoms with Crippen LogP contribution in [0, 0.1) is 32.1 Å². The molecule has 26 heavy (non-hydrogen) atoms. The zero-order chi connectivity index (χ0) is 19.3. The summed E-state index contributed by atoms with van der Waals surface area (Å²) in [7, 11) is 0. The van der Waals surface area contributed by atoms with Crippen molar-refractivity contribution in [2.45, 2.75) is 57.4 Å². The number of hydrogen-bond donors (Lipinski definition) is 1. The highest BCUT2D eigenvalue weighted by Crippen LogP contribution is 2.31. The number of aromatic nitrogens is 1. The Balaban J connectivity index is 2.19. The monoisotopic (exact) mass is 367 g/mol. The number of nitriles is 1. The third kappa shape index (κ3) is 4.44. The Kier molecular flexibility index (Phi) is 6.82. The number of thioether (sulfide) groups is 1. The first-order chi connectivity index (χ1) is 12.4. The molecule has 0 radical (unpaired) electrons. The van der Waals surface area contributed by atoms with Crippen molar-refractivity contribution in [1.29, 1.82) is 5.26 Å². The summed E-state index contributed by atoms with van der Waals surface area (Å²) in [5.74, 6) is -0.0320. The van der Waals surface area contributed by atoms with E-state index in [9.17, 15) is 10.1 Å². The summed E-state index contributed by atoms with van der Waals surface area (Å²) in [5.41, 5.74) is 4.51. The molecule has 1 amide bonds. The quantitative estimate of drug-likeness (QED) is 0.756. The first-order valence-electron chi connectivity index (χ1n) is 8.78. The summed E-state index contributed by atoms with van der Waals surface area (Å²) in [6, 6.07) is 12.1. The average molecular weight is 368 g/mol. The molecule has 0 saturated carbocycles. The molecule has 2 atom stereocenters. The van der Waals surface area contributed by atoms with Gasteiger partial charge in [-0.15, -0.1) is 0 Å². The molecular weight excluding hydrogens is 342 g/mol. The smallest absolute Gasteiger partial charge is 0.234 e. The molecule has 5 heteroatoms. The molecule has 1 N–H and O–H groups in total. The number of pyridine rings is 1. The van der Waals surface area contributed by atoms with Gasteiger partial charge in [0.25, 0.3) is 0 Å². The van der Waals surface area contributed by atoms with E-state index in [-0.39, 0.29) is 17.2 Å². The van der Waals surface area contributed by atoms with Gasteiger partial charge in [0.2, 0.25) is 5.91 Å². The minimum absolute atomic E-state index is 0.0320. The molecule has 0 spiro atoms. The van der Waals surface area contributed by atoms with Gasteiger partial charge in [-0.2, -0.15) is 5.26 Å². The molecule has 4 nitrogen and oxygen atoms in total. The second-order valence-electron chi connectivity index (χ2n) is 6.39. The highest BCUT2D eigenvalue weighted by molar-refractivity contribution is 8.00. The van der Waals surface area contributed by atoms with E-state index in [0.29, 0.717) is 17.0 Å². The van der Waals surface area contributed by atoms with Crippen LogP contribution in [0.2, 0.25) is 0 Å². The van der Waals surface area contributed by atoms with E-state index >= 15 is 0 Å². The molecule has 1 heterocycles. The molecule has 1 aromatic carbocycles. The van der Waals surface area contributed by atoms with Crippen molar-refractivity contribution in [2.75, 3.05) is 0 Å². The van der Waals surface area contributed by atoms with Gasteiger partial charge in [0.05, 0.1) is 16.9 Å². The number of carbonyl (C=O) groups excluding carboxylic acids is 1. The molecule has 0 aliphatic carbocycles. The SMILES string of the molecule is CC[C@@H](Sc1nc(C)c(C)c(C)c1C#N)C(=O)N[C@H](C)c1ccccc1. The van der Waals surface area contributed by atoms with Gasteiger partial charge < -0.3 is 5.32 Å². The van der Waals surface area contributed by atoms with Gasteiger partial charge in [0.15, 0.2) is 0 Å². The van der Waals surface area contributed by atoms with Crippen molar-refractivity contribution in [3.8, 4) is 6.07 Å². The Morgan fingerprint density at radius 1 is 1.23 bits per heavy atom. The van der Waals surface area contributed by atoms with E-state index in [2.05, 4.69) is 16.4 Å². The van der Waals surface area contributed by atoms with Gasteiger partial charge in [0.1, 0.15) is 11.1 Å². The van der Waals surface area contributed by atoms with E-state index < -0.39 is 0 Å². The third-order valence-corrected chi connectivity index (χ3v) is 6.00. The lowest BCUT2D eigenvalue weighted by molar-refractivity contribution is -0.121. The van der Waals surface area contributed by atoms with Crippen LogP contribution in [0.25, 0.3) is 0 Å². The summed E-state index contributed by atoms with van der Waals surface area (Å²) in [5, 5.41) is 13.0. The number of nitrogens with zero attached hydrogens (tertiary/aromatic N) is 2. The van der Waals surface area contributed by atoms with E-state index in [1.54, 1.807) is 0 Å². The second kappa shape index (κ2) is 8.86. The lowest BCUT2D eigenvalue weighted by atomic mass is 10.1. The van der Waals surface area contributed by atoms with E-state index in [4.69, 9.17) is 0 Å². The van der Waals surface area contributed by atoms with Gasteiger partial charge in [-0.05, 0) is 50.8 Å². The Bertz CT molecular complexity index is 827. The number of carbonyl (C=O) groups is 1. The van der Waals surface area contributed by atoms with Gasteiger partial charge in [-0.3, -0.25) is 4.79 Å². The van der Waals surface area contributed by atoms with Gasteiger partial charge in [-0.1, -0.05) is 49.0 Å². The Hall–Kier alpha value is -2.32. The number of rotatable bonds is 6. The fourth-order valence-electron chi connectivity index (χ4n) is 2.72. The van der Waals surface area contributed by atoms with Gasteiger partial charge >= 0.3 is 0 Å². The maximum absolute atomic E-state index is 12.8. The fourth-order valence-corrected chi connectivity index (χ4v) is 3.83. The fraction of sp³-hybridized carbons (Fsp3) is 0.381. The van der Waals surface area contributed by atoms with Crippen molar-refractivity contribution >= 4 is 17.7 Å². The van der Waals surface area contributed by atoms with E-state index in [1.165, 1.54) is 11.8 Å². The molecule has 0 bridgehead atoms. The van der Waals surface area contributed by atoms with Crippen LogP contribution >= 0.6 is 11.8 Å². The molecule has 1 aromatic heterocycles. The second-order valence-corrected chi connectivity index (χ2v) is 7.59. The maximum atomic E-state index is 12.8. The van der Waals surface area contributed by atoms with Crippen molar-refractivity contribution in [1.82, 2.24) is 10.3 Å². The number of aryl methyl sites for hydroxylation is 1. The molecule has 2 aromatic rings. The molecule has 0 unspecified atom stereocenters. The van der Waals surface area contributed by atoms with Crippen LogP contribution in [0.1, 0.15) is 54.3 Å². The molecule has 0 saturated heterocycles. The molecule has 0 fully saturated rings. The normalized spacial score (nSPS) is 12.9. The predicted octanol–water partition coefficient (Wildman–Crippen LogP) is 4.63. The first kappa shape index (κ1) is 20.0. The van der Waals surface area contributed by atoms with E-state index in [0.717, 1.165) is 22.4 Å². The zero-order valence-corrected chi connectivity index (χ0v) is 16.8. The largest absolute Gasteiger partial charge is 0.349 e. The summed E-state index contributed by atoms with van der Waals surface area (Å²) < 4.78 is 0. The van der Waals surface area contributed by atoms with Crippen LogP contribution in [0.5, 0.6) is 0 Å². The molecule has 136 valence electrons. The van der Waals surface area contributed by atoms with Crippen LogP contribution in [0.3, 0.4) is 0 Å². The lowest BCUT2D eigenvalue weighted by Crippen LogP contribution is -2.34.